The summed E-state index contributed by atoms with van der Waals surface area (Å²) in [4.78, 5) is 26.2. The topological polar surface area (TPSA) is 97.3 Å². The van der Waals surface area contributed by atoms with E-state index in [1.54, 1.807) is 12.4 Å². The van der Waals surface area contributed by atoms with E-state index < -0.39 is 17.4 Å². The zero-order chi connectivity index (χ0) is 21.3. The third-order valence-electron chi connectivity index (χ3n) is 5.88. The number of likely N-dealkylation sites (tertiary alicyclic amines) is 1. The smallest absolute Gasteiger partial charge is 0.265 e. The summed E-state index contributed by atoms with van der Waals surface area (Å²) in [5, 5.41) is 8.84. The van der Waals surface area contributed by atoms with E-state index >= 15 is 0 Å². The van der Waals surface area contributed by atoms with Gasteiger partial charge in [0, 0.05) is 6.54 Å². The van der Waals surface area contributed by atoms with Gasteiger partial charge in [-0.3, -0.25) is 14.8 Å². The van der Waals surface area contributed by atoms with Gasteiger partial charge in [-0.05, 0) is 55.7 Å². The number of hydroxylamine groups is 1. The molecule has 2 heterocycles. The second kappa shape index (κ2) is 7.87. The van der Waals surface area contributed by atoms with Gasteiger partial charge >= 0.3 is 0 Å². The molecule has 30 heavy (non-hydrogen) atoms. The average molecular weight is 412 g/mol. The zero-order valence-corrected chi connectivity index (χ0v) is 16.9. The lowest BCUT2D eigenvalue weighted by Crippen LogP contribution is -2.47. The highest BCUT2D eigenvalue weighted by Crippen LogP contribution is 2.37. The number of fused-ring (bicyclic) bond motifs is 1. The van der Waals surface area contributed by atoms with Gasteiger partial charge in [-0.15, -0.1) is 0 Å². The van der Waals surface area contributed by atoms with Gasteiger partial charge in [-0.2, -0.15) is 0 Å². The Bertz CT molecular complexity index is 961. The first-order valence-corrected chi connectivity index (χ1v) is 9.79. The molecule has 0 aromatic heterocycles. The second-order valence-corrected chi connectivity index (χ2v) is 7.73. The molecular formula is C22H24N2O6. The first-order valence-electron chi connectivity index (χ1n) is 9.79. The summed E-state index contributed by atoms with van der Waals surface area (Å²) in [6.07, 6.45) is 0.590. The third-order valence-corrected chi connectivity index (χ3v) is 5.88. The van der Waals surface area contributed by atoms with Crippen LogP contribution in [0.1, 0.15) is 31.4 Å². The SMILES string of the molecule is CC(C(=O)NO)N1CCC(C)(c2ccc(OCc3ccc4c(c3)OCO4)cc2)C1=O. The van der Waals surface area contributed by atoms with Crippen LogP contribution >= 0.6 is 0 Å². The molecule has 1 saturated heterocycles. The second-order valence-electron chi connectivity index (χ2n) is 7.73. The Kier molecular flexibility index (Phi) is 5.26. The minimum atomic E-state index is -0.728. The summed E-state index contributed by atoms with van der Waals surface area (Å²) < 4.78 is 16.6. The van der Waals surface area contributed by atoms with E-state index in [2.05, 4.69) is 0 Å². The number of nitrogens with zero attached hydrogens (tertiary/aromatic N) is 1. The summed E-state index contributed by atoms with van der Waals surface area (Å²) in [6.45, 7) is 4.54. The highest BCUT2D eigenvalue weighted by Gasteiger charge is 2.46. The van der Waals surface area contributed by atoms with Crippen molar-refractivity contribution in [2.75, 3.05) is 13.3 Å². The number of hydrogen-bond donors (Lipinski definition) is 2. The van der Waals surface area contributed by atoms with Crippen molar-refractivity contribution < 1.29 is 29.0 Å². The minimum Gasteiger partial charge on any atom is -0.489 e. The fourth-order valence-corrected chi connectivity index (χ4v) is 3.86. The molecule has 2 atom stereocenters. The van der Waals surface area contributed by atoms with Crippen molar-refractivity contribution in [2.45, 2.75) is 38.3 Å². The minimum absolute atomic E-state index is 0.132. The van der Waals surface area contributed by atoms with E-state index in [0.717, 1.165) is 16.9 Å². The normalized spacial score (nSPS) is 20.9. The molecular weight excluding hydrogens is 388 g/mol. The van der Waals surface area contributed by atoms with Gasteiger partial charge in [-0.25, -0.2) is 5.48 Å². The number of carbonyl (C=O) groups excluding carboxylic acids is 2. The van der Waals surface area contributed by atoms with E-state index in [0.29, 0.717) is 31.1 Å². The van der Waals surface area contributed by atoms with Crippen molar-refractivity contribution in [3.05, 3.63) is 53.6 Å². The van der Waals surface area contributed by atoms with Crippen LogP contribution in [0, 0.1) is 0 Å². The van der Waals surface area contributed by atoms with Crippen molar-refractivity contribution in [1.29, 1.82) is 0 Å². The molecule has 1 fully saturated rings. The highest BCUT2D eigenvalue weighted by atomic mass is 16.7. The molecule has 2 amide bonds. The Morgan fingerprint density at radius 3 is 2.70 bits per heavy atom. The number of ether oxygens (including phenoxy) is 3. The molecule has 2 aliphatic rings. The monoisotopic (exact) mass is 412 g/mol. The molecule has 0 bridgehead atoms. The Morgan fingerprint density at radius 2 is 1.97 bits per heavy atom. The number of amides is 2. The van der Waals surface area contributed by atoms with Gasteiger partial charge in [0.2, 0.25) is 12.7 Å². The molecule has 8 heteroatoms. The van der Waals surface area contributed by atoms with Crippen LogP contribution in [0.15, 0.2) is 42.5 Å². The Hall–Kier alpha value is -3.26. The number of nitrogens with one attached hydrogen (secondary N) is 1. The van der Waals surface area contributed by atoms with Crippen LogP contribution in [0.3, 0.4) is 0 Å². The molecule has 0 aliphatic carbocycles. The van der Waals surface area contributed by atoms with Gasteiger partial charge < -0.3 is 19.1 Å². The molecule has 0 radical (unpaired) electrons. The molecule has 8 nitrogen and oxygen atoms in total. The van der Waals surface area contributed by atoms with Crippen LogP contribution in [0.5, 0.6) is 17.2 Å². The Labute approximate surface area is 174 Å². The van der Waals surface area contributed by atoms with Gasteiger partial charge in [-0.1, -0.05) is 18.2 Å². The summed E-state index contributed by atoms with van der Waals surface area (Å²) >= 11 is 0. The lowest BCUT2D eigenvalue weighted by Gasteiger charge is -2.27. The fraction of sp³-hybridized carbons (Fsp3) is 0.364. The maximum absolute atomic E-state index is 13.0. The van der Waals surface area contributed by atoms with E-state index in [9.17, 15) is 9.59 Å². The van der Waals surface area contributed by atoms with Gasteiger partial charge in [0.05, 0.1) is 5.41 Å². The molecule has 2 aliphatic heterocycles. The van der Waals surface area contributed by atoms with Crippen molar-refractivity contribution in [3.8, 4) is 17.2 Å². The lowest BCUT2D eigenvalue weighted by atomic mass is 9.81. The summed E-state index contributed by atoms with van der Waals surface area (Å²) in [6, 6.07) is 12.4. The number of benzene rings is 2. The van der Waals surface area contributed by atoms with E-state index in [1.807, 2.05) is 49.4 Å². The van der Waals surface area contributed by atoms with Crippen molar-refractivity contribution in [3.63, 3.8) is 0 Å². The largest absolute Gasteiger partial charge is 0.489 e. The number of rotatable bonds is 6. The van der Waals surface area contributed by atoms with Gasteiger partial charge in [0.1, 0.15) is 18.4 Å². The van der Waals surface area contributed by atoms with Crippen LogP contribution < -0.4 is 19.7 Å². The lowest BCUT2D eigenvalue weighted by molar-refractivity contribution is -0.143. The van der Waals surface area contributed by atoms with Crippen LogP contribution in [-0.2, 0) is 21.6 Å². The van der Waals surface area contributed by atoms with Crippen molar-refractivity contribution in [2.24, 2.45) is 0 Å². The van der Waals surface area contributed by atoms with Crippen LogP contribution in [-0.4, -0.2) is 41.3 Å². The molecule has 0 spiro atoms. The first-order chi connectivity index (χ1) is 14.4. The summed E-state index contributed by atoms with van der Waals surface area (Å²) in [5.41, 5.74) is 2.72. The Balaban J connectivity index is 1.42. The number of hydrogen-bond acceptors (Lipinski definition) is 6. The number of carbonyl (C=O) groups is 2. The molecule has 2 aromatic rings. The molecule has 4 rings (SSSR count). The van der Waals surface area contributed by atoms with Gasteiger partial charge in [0.25, 0.3) is 5.91 Å². The van der Waals surface area contributed by atoms with Crippen LogP contribution in [0.25, 0.3) is 0 Å². The summed E-state index contributed by atoms with van der Waals surface area (Å²) in [5.74, 6) is 1.41. The zero-order valence-electron chi connectivity index (χ0n) is 16.9. The predicted molar refractivity (Wildman–Crippen MR) is 106 cm³/mol. The van der Waals surface area contributed by atoms with Crippen LogP contribution in [0.4, 0.5) is 0 Å². The molecule has 2 N–H and O–H groups in total. The molecule has 2 aromatic carbocycles. The highest BCUT2D eigenvalue weighted by molar-refractivity contribution is 5.94. The molecule has 2 unspecified atom stereocenters. The summed E-state index contributed by atoms with van der Waals surface area (Å²) in [7, 11) is 0. The average Bonchev–Trinajstić information content (AvgIpc) is 3.36. The molecule has 0 saturated carbocycles. The van der Waals surface area contributed by atoms with Crippen molar-refractivity contribution in [1.82, 2.24) is 10.4 Å². The maximum atomic E-state index is 13.0. The van der Waals surface area contributed by atoms with E-state index in [1.165, 1.54) is 4.90 Å². The van der Waals surface area contributed by atoms with Crippen LogP contribution in [0.2, 0.25) is 0 Å². The van der Waals surface area contributed by atoms with Crippen molar-refractivity contribution >= 4 is 11.8 Å². The standard InChI is InChI=1S/C22H24N2O6/c1-14(20(25)23-27)24-10-9-22(2,21(24)26)16-4-6-17(7-5-16)28-12-15-3-8-18-19(11-15)30-13-29-18/h3-8,11,14,27H,9-10,12-13H2,1-2H3,(H,23,25). The van der Waals surface area contributed by atoms with E-state index in [4.69, 9.17) is 19.4 Å². The first kappa shape index (κ1) is 20.0. The maximum Gasteiger partial charge on any atom is 0.265 e. The Morgan fingerprint density at radius 1 is 1.23 bits per heavy atom. The van der Waals surface area contributed by atoms with Gasteiger partial charge in [0.15, 0.2) is 11.5 Å². The predicted octanol–water partition coefficient (Wildman–Crippen LogP) is 2.38. The molecule has 158 valence electrons. The third kappa shape index (κ3) is 3.54. The quantitative estimate of drug-likeness (QED) is 0.559. The van der Waals surface area contributed by atoms with E-state index in [-0.39, 0.29) is 12.7 Å². The fourth-order valence-electron chi connectivity index (χ4n) is 3.86.